The van der Waals surface area contributed by atoms with Crippen molar-refractivity contribution in [2.24, 2.45) is 0 Å². The minimum Gasteiger partial charge on any atom is -0.345 e. The van der Waals surface area contributed by atoms with Crippen LogP contribution in [0.4, 0.5) is 4.39 Å². The minimum atomic E-state index is -0.403. The van der Waals surface area contributed by atoms with Crippen LogP contribution < -0.4 is 0 Å². The molecule has 27 heavy (non-hydrogen) atoms. The second-order valence-corrected chi connectivity index (χ2v) is 6.28. The van der Waals surface area contributed by atoms with E-state index in [1.807, 2.05) is 18.2 Å². The topological polar surface area (TPSA) is 63.9 Å². The summed E-state index contributed by atoms with van der Waals surface area (Å²) in [5.41, 5.74) is 2.13. The van der Waals surface area contributed by atoms with Gasteiger partial charge in [0.05, 0.1) is 23.0 Å². The molecule has 0 spiro atoms. The lowest BCUT2D eigenvalue weighted by Gasteiger charge is -2.13. The van der Waals surface area contributed by atoms with Gasteiger partial charge in [-0.1, -0.05) is 6.07 Å². The van der Waals surface area contributed by atoms with Gasteiger partial charge >= 0.3 is 0 Å². The molecule has 6 nitrogen and oxygen atoms in total. The highest BCUT2D eigenvalue weighted by Gasteiger charge is 2.17. The molecule has 0 unspecified atom stereocenters. The van der Waals surface area contributed by atoms with Crippen molar-refractivity contribution >= 4 is 16.8 Å². The van der Waals surface area contributed by atoms with E-state index < -0.39 is 5.82 Å². The molecular weight excluding hydrogens is 345 g/mol. The smallest absolute Gasteiger partial charge is 0.254 e. The van der Waals surface area contributed by atoms with Gasteiger partial charge in [-0.3, -0.25) is 4.79 Å². The SMILES string of the molecule is CN(C)C(=O)c1cc(-c2cnn(-c3ccccn3)c2)nc2cc(F)ccc12. The Hall–Kier alpha value is -3.61. The van der Waals surface area contributed by atoms with Gasteiger partial charge in [0.15, 0.2) is 5.82 Å². The zero-order chi connectivity index (χ0) is 19.0. The van der Waals surface area contributed by atoms with E-state index >= 15 is 0 Å². The van der Waals surface area contributed by atoms with Crippen LogP contribution >= 0.6 is 0 Å². The summed E-state index contributed by atoms with van der Waals surface area (Å²) in [6, 6.07) is 11.5. The number of hydrogen-bond donors (Lipinski definition) is 0. The molecule has 0 aliphatic rings. The number of carbonyl (C=O) groups excluding carboxylic acids is 1. The number of hydrogen-bond acceptors (Lipinski definition) is 4. The van der Waals surface area contributed by atoms with Crippen LogP contribution in [0.2, 0.25) is 0 Å². The molecule has 3 aromatic heterocycles. The zero-order valence-corrected chi connectivity index (χ0v) is 14.8. The lowest BCUT2D eigenvalue weighted by molar-refractivity contribution is 0.0829. The lowest BCUT2D eigenvalue weighted by atomic mass is 10.0. The number of benzene rings is 1. The summed E-state index contributed by atoms with van der Waals surface area (Å²) in [4.78, 5) is 22.9. The van der Waals surface area contributed by atoms with Gasteiger partial charge in [0.2, 0.25) is 0 Å². The van der Waals surface area contributed by atoms with Gasteiger partial charge in [-0.25, -0.2) is 19.0 Å². The van der Waals surface area contributed by atoms with Crippen molar-refractivity contribution in [1.29, 1.82) is 0 Å². The van der Waals surface area contributed by atoms with Gasteiger partial charge in [-0.2, -0.15) is 5.10 Å². The third-order valence-electron chi connectivity index (χ3n) is 4.17. The number of aromatic nitrogens is 4. The maximum absolute atomic E-state index is 13.7. The molecule has 4 rings (SSSR count). The van der Waals surface area contributed by atoms with E-state index in [0.29, 0.717) is 33.5 Å². The number of pyridine rings is 2. The Balaban J connectivity index is 1.87. The molecule has 0 fully saturated rings. The summed E-state index contributed by atoms with van der Waals surface area (Å²) in [5, 5.41) is 4.92. The highest BCUT2D eigenvalue weighted by molar-refractivity contribution is 6.07. The van der Waals surface area contributed by atoms with Gasteiger partial charge in [0.1, 0.15) is 5.82 Å². The van der Waals surface area contributed by atoms with Gasteiger partial charge < -0.3 is 4.90 Å². The number of halogens is 1. The zero-order valence-electron chi connectivity index (χ0n) is 14.8. The van der Waals surface area contributed by atoms with Gasteiger partial charge in [-0.05, 0) is 30.3 Å². The molecule has 0 N–H and O–H groups in total. The molecule has 0 aliphatic carbocycles. The van der Waals surface area contributed by atoms with Crippen molar-refractivity contribution in [2.75, 3.05) is 14.1 Å². The van der Waals surface area contributed by atoms with Crippen molar-refractivity contribution in [3.05, 3.63) is 72.4 Å². The molecule has 0 saturated heterocycles. The summed E-state index contributed by atoms with van der Waals surface area (Å²) < 4.78 is 15.4. The van der Waals surface area contributed by atoms with Crippen LogP contribution in [0.25, 0.3) is 28.0 Å². The van der Waals surface area contributed by atoms with Crippen LogP contribution in [-0.2, 0) is 0 Å². The van der Waals surface area contributed by atoms with Crippen LogP contribution in [0.3, 0.4) is 0 Å². The highest BCUT2D eigenvalue weighted by atomic mass is 19.1. The maximum Gasteiger partial charge on any atom is 0.254 e. The number of nitrogens with zero attached hydrogens (tertiary/aromatic N) is 5. The maximum atomic E-state index is 13.7. The summed E-state index contributed by atoms with van der Waals surface area (Å²) in [7, 11) is 3.35. The molecule has 7 heteroatoms. The molecule has 3 heterocycles. The van der Waals surface area contributed by atoms with Crippen LogP contribution in [0, 0.1) is 5.82 Å². The third kappa shape index (κ3) is 3.15. The van der Waals surface area contributed by atoms with Crippen molar-refractivity contribution in [2.45, 2.75) is 0 Å². The van der Waals surface area contributed by atoms with Gasteiger partial charge in [-0.15, -0.1) is 0 Å². The first-order valence-electron chi connectivity index (χ1n) is 8.31. The fourth-order valence-electron chi connectivity index (χ4n) is 2.84. The Kier molecular flexibility index (Phi) is 4.12. The van der Waals surface area contributed by atoms with Crippen LogP contribution in [0.5, 0.6) is 0 Å². The first kappa shape index (κ1) is 16.8. The molecule has 0 atom stereocenters. The summed E-state index contributed by atoms with van der Waals surface area (Å²) in [6.45, 7) is 0. The van der Waals surface area contributed by atoms with Crippen molar-refractivity contribution in [3.8, 4) is 17.1 Å². The largest absolute Gasteiger partial charge is 0.345 e. The standard InChI is InChI=1S/C20H16FN5O/c1-25(2)20(27)16-10-17(24-18-9-14(21)6-7-15(16)18)13-11-23-26(12-13)19-5-3-4-8-22-19/h3-12H,1-2H3. The number of fused-ring (bicyclic) bond motifs is 1. The minimum absolute atomic E-state index is 0.174. The predicted octanol–water partition coefficient (Wildman–Crippen LogP) is 3.32. The normalized spacial score (nSPS) is 10.9. The molecule has 4 aromatic rings. The van der Waals surface area contributed by atoms with Crippen molar-refractivity contribution in [1.82, 2.24) is 24.6 Å². The van der Waals surface area contributed by atoms with Crippen LogP contribution in [0.1, 0.15) is 10.4 Å². The third-order valence-corrected chi connectivity index (χ3v) is 4.17. The molecule has 1 aromatic carbocycles. The van der Waals surface area contributed by atoms with Gasteiger partial charge in [0.25, 0.3) is 5.91 Å². The Morgan fingerprint density at radius 1 is 1.15 bits per heavy atom. The second kappa shape index (κ2) is 6.60. The van der Waals surface area contributed by atoms with E-state index in [1.165, 1.54) is 17.0 Å². The highest BCUT2D eigenvalue weighted by Crippen LogP contribution is 2.26. The fraction of sp³-hybridized carbons (Fsp3) is 0.100. The van der Waals surface area contributed by atoms with E-state index in [-0.39, 0.29) is 5.91 Å². The predicted molar refractivity (Wildman–Crippen MR) is 100 cm³/mol. The van der Waals surface area contributed by atoms with E-state index in [2.05, 4.69) is 15.1 Å². The number of amides is 1. The molecule has 0 bridgehead atoms. The molecular formula is C20H16FN5O. The molecule has 0 radical (unpaired) electrons. The fourth-order valence-corrected chi connectivity index (χ4v) is 2.84. The van der Waals surface area contributed by atoms with Crippen LogP contribution in [-0.4, -0.2) is 44.7 Å². The Labute approximate surface area is 154 Å². The molecule has 1 amide bonds. The molecule has 0 aliphatic heterocycles. The second-order valence-electron chi connectivity index (χ2n) is 6.28. The van der Waals surface area contributed by atoms with Gasteiger partial charge in [0, 0.05) is 43.5 Å². The Morgan fingerprint density at radius 3 is 2.74 bits per heavy atom. The average molecular weight is 361 g/mol. The Bertz CT molecular complexity index is 1140. The summed E-state index contributed by atoms with van der Waals surface area (Å²) in [6.07, 6.45) is 5.10. The number of carbonyl (C=O) groups is 1. The van der Waals surface area contributed by atoms with Crippen molar-refractivity contribution < 1.29 is 9.18 Å². The van der Waals surface area contributed by atoms with E-state index in [9.17, 15) is 9.18 Å². The lowest BCUT2D eigenvalue weighted by Crippen LogP contribution is -2.22. The summed E-state index contributed by atoms with van der Waals surface area (Å²) >= 11 is 0. The van der Waals surface area contributed by atoms with Crippen molar-refractivity contribution in [3.63, 3.8) is 0 Å². The average Bonchev–Trinajstić information content (AvgIpc) is 3.17. The number of rotatable bonds is 3. The molecule has 0 saturated carbocycles. The monoisotopic (exact) mass is 361 g/mol. The first-order chi connectivity index (χ1) is 13.0. The molecule has 134 valence electrons. The Morgan fingerprint density at radius 2 is 2.00 bits per heavy atom. The first-order valence-corrected chi connectivity index (χ1v) is 8.31. The quantitative estimate of drug-likeness (QED) is 0.561. The van der Waals surface area contributed by atoms with E-state index in [4.69, 9.17) is 0 Å². The van der Waals surface area contributed by atoms with E-state index in [0.717, 1.165) is 0 Å². The van der Waals surface area contributed by atoms with Crippen LogP contribution in [0.15, 0.2) is 61.1 Å². The summed E-state index contributed by atoms with van der Waals surface area (Å²) in [5.74, 6) is 0.0899. The van der Waals surface area contributed by atoms with E-state index in [1.54, 1.807) is 49.5 Å².